The maximum atomic E-state index is 5.73. The summed E-state index contributed by atoms with van der Waals surface area (Å²) < 4.78 is 5.46. The third-order valence-electron chi connectivity index (χ3n) is 4.74. The minimum absolute atomic E-state index is 0.718. The summed E-state index contributed by atoms with van der Waals surface area (Å²) in [4.78, 5) is 5.20. The van der Waals surface area contributed by atoms with Crippen LogP contribution in [0.3, 0.4) is 0 Å². The normalized spacial score (nSPS) is 24.5. The van der Waals surface area contributed by atoms with Crippen LogP contribution in [0.5, 0.6) is 0 Å². The van der Waals surface area contributed by atoms with E-state index in [0.717, 1.165) is 51.9 Å². The van der Waals surface area contributed by atoms with Gasteiger partial charge in [-0.25, -0.2) is 0 Å². The van der Waals surface area contributed by atoms with E-state index in [1.54, 1.807) is 0 Å². The average molecular weight is 289 g/mol. The summed E-state index contributed by atoms with van der Waals surface area (Å²) in [5, 5.41) is 0. The molecule has 0 bridgehead atoms. The van der Waals surface area contributed by atoms with Gasteiger partial charge < -0.3 is 10.5 Å². The fourth-order valence-electron chi connectivity index (χ4n) is 3.55. The van der Waals surface area contributed by atoms with Gasteiger partial charge in [0.15, 0.2) is 0 Å². The molecular formula is C17H27N3O. The van der Waals surface area contributed by atoms with Gasteiger partial charge in [-0.2, -0.15) is 0 Å². The van der Waals surface area contributed by atoms with Crippen molar-refractivity contribution in [3.8, 4) is 0 Å². The van der Waals surface area contributed by atoms with Gasteiger partial charge in [0.05, 0.1) is 13.2 Å². The summed E-state index contributed by atoms with van der Waals surface area (Å²) in [5.41, 5.74) is 8.59. The fourth-order valence-corrected chi connectivity index (χ4v) is 3.55. The molecule has 2 N–H and O–H groups in total. The molecule has 1 aromatic rings. The number of hydrogen-bond acceptors (Lipinski definition) is 4. The Morgan fingerprint density at radius 1 is 1.10 bits per heavy atom. The first-order chi connectivity index (χ1) is 10.4. The Hall–Kier alpha value is -0.940. The summed E-state index contributed by atoms with van der Waals surface area (Å²) in [6.45, 7) is 8.19. The van der Waals surface area contributed by atoms with Crippen molar-refractivity contribution < 1.29 is 4.74 Å². The molecule has 4 heteroatoms. The zero-order valence-corrected chi connectivity index (χ0v) is 12.8. The molecule has 0 radical (unpaired) electrons. The zero-order valence-electron chi connectivity index (χ0n) is 12.8. The van der Waals surface area contributed by atoms with Crippen molar-refractivity contribution in [1.82, 2.24) is 9.80 Å². The molecule has 2 aliphatic rings. The molecular weight excluding hydrogens is 262 g/mol. The summed E-state index contributed by atoms with van der Waals surface area (Å²) in [5.74, 6) is 0. The van der Waals surface area contributed by atoms with Crippen LogP contribution in [0.1, 0.15) is 17.5 Å². The van der Waals surface area contributed by atoms with Crippen LogP contribution in [0.15, 0.2) is 24.3 Å². The first-order valence-electron chi connectivity index (χ1n) is 8.18. The number of benzene rings is 1. The molecule has 2 heterocycles. The van der Waals surface area contributed by atoms with Crippen molar-refractivity contribution in [2.24, 2.45) is 5.73 Å². The van der Waals surface area contributed by atoms with Gasteiger partial charge in [0.1, 0.15) is 0 Å². The predicted molar refractivity (Wildman–Crippen MR) is 85.3 cm³/mol. The monoisotopic (exact) mass is 289 g/mol. The standard InChI is InChI=1S/C17H27N3O/c18-7-5-15-3-1-2-4-16(15)13-19-8-6-17(14-19)20-9-11-21-12-10-20/h1-4,17H,5-14,18H2. The van der Waals surface area contributed by atoms with E-state index < -0.39 is 0 Å². The molecule has 2 saturated heterocycles. The second kappa shape index (κ2) is 7.36. The van der Waals surface area contributed by atoms with E-state index in [1.165, 1.54) is 30.6 Å². The van der Waals surface area contributed by atoms with Crippen LogP contribution in [0.4, 0.5) is 0 Å². The number of ether oxygens (including phenoxy) is 1. The Balaban J connectivity index is 1.57. The van der Waals surface area contributed by atoms with E-state index in [2.05, 4.69) is 34.1 Å². The van der Waals surface area contributed by atoms with Gasteiger partial charge in [-0.1, -0.05) is 24.3 Å². The molecule has 2 fully saturated rings. The highest BCUT2D eigenvalue weighted by atomic mass is 16.5. The van der Waals surface area contributed by atoms with E-state index in [4.69, 9.17) is 10.5 Å². The topological polar surface area (TPSA) is 41.7 Å². The number of hydrogen-bond donors (Lipinski definition) is 1. The van der Waals surface area contributed by atoms with Crippen LogP contribution in [0.2, 0.25) is 0 Å². The van der Waals surface area contributed by atoms with Crippen molar-refractivity contribution >= 4 is 0 Å². The Labute approximate surface area is 127 Å². The van der Waals surface area contributed by atoms with Crippen molar-refractivity contribution in [3.63, 3.8) is 0 Å². The van der Waals surface area contributed by atoms with Crippen LogP contribution in [-0.4, -0.2) is 61.8 Å². The fraction of sp³-hybridized carbons (Fsp3) is 0.647. The second-order valence-electron chi connectivity index (χ2n) is 6.13. The van der Waals surface area contributed by atoms with E-state index in [-0.39, 0.29) is 0 Å². The Kier molecular flexibility index (Phi) is 5.25. The smallest absolute Gasteiger partial charge is 0.0594 e. The lowest BCUT2D eigenvalue weighted by molar-refractivity contribution is 0.0184. The maximum absolute atomic E-state index is 5.73. The minimum Gasteiger partial charge on any atom is -0.379 e. The molecule has 1 unspecified atom stereocenters. The molecule has 0 aliphatic carbocycles. The summed E-state index contributed by atoms with van der Waals surface area (Å²) in [6, 6.07) is 9.46. The molecule has 116 valence electrons. The van der Waals surface area contributed by atoms with Crippen molar-refractivity contribution in [2.75, 3.05) is 45.9 Å². The highest BCUT2D eigenvalue weighted by molar-refractivity contribution is 5.27. The molecule has 21 heavy (non-hydrogen) atoms. The zero-order chi connectivity index (χ0) is 14.5. The number of rotatable bonds is 5. The van der Waals surface area contributed by atoms with Crippen molar-refractivity contribution in [3.05, 3.63) is 35.4 Å². The van der Waals surface area contributed by atoms with Gasteiger partial charge in [0.25, 0.3) is 0 Å². The van der Waals surface area contributed by atoms with Crippen LogP contribution in [-0.2, 0) is 17.7 Å². The maximum Gasteiger partial charge on any atom is 0.0594 e. The van der Waals surface area contributed by atoms with Crippen molar-refractivity contribution in [2.45, 2.75) is 25.4 Å². The van der Waals surface area contributed by atoms with Gasteiger partial charge in [0.2, 0.25) is 0 Å². The second-order valence-corrected chi connectivity index (χ2v) is 6.13. The van der Waals surface area contributed by atoms with Gasteiger partial charge in [-0.05, 0) is 30.5 Å². The molecule has 1 aromatic carbocycles. The highest BCUT2D eigenvalue weighted by Gasteiger charge is 2.28. The van der Waals surface area contributed by atoms with Gasteiger partial charge in [0, 0.05) is 38.8 Å². The Bertz CT molecular complexity index is 445. The van der Waals surface area contributed by atoms with E-state index in [9.17, 15) is 0 Å². The van der Waals surface area contributed by atoms with Crippen LogP contribution >= 0.6 is 0 Å². The lowest BCUT2D eigenvalue weighted by Gasteiger charge is -2.32. The summed E-state index contributed by atoms with van der Waals surface area (Å²) in [7, 11) is 0. The third kappa shape index (κ3) is 3.83. The predicted octanol–water partition coefficient (Wildman–Crippen LogP) is 1.09. The SMILES string of the molecule is NCCc1ccccc1CN1CCC(N2CCOCC2)C1. The molecule has 3 rings (SSSR count). The summed E-state index contributed by atoms with van der Waals surface area (Å²) >= 11 is 0. The largest absolute Gasteiger partial charge is 0.379 e. The van der Waals surface area contributed by atoms with Crippen LogP contribution < -0.4 is 5.73 Å². The number of nitrogens with zero attached hydrogens (tertiary/aromatic N) is 2. The molecule has 0 spiro atoms. The number of morpholine rings is 1. The lowest BCUT2D eigenvalue weighted by Crippen LogP contribution is -2.44. The van der Waals surface area contributed by atoms with E-state index in [1.807, 2.05) is 0 Å². The molecule has 0 amide bonds. The molecule has 0 saturated carbocycles. The van der Waals surface area contributed by atoms with Gasteiger partial charge >= 0.3 is 0 Å². The third-order valence-corrected chi connectivity index (χ3v) is 4.74. The van der Waals surface area contributed by atoms with Gasteiger partial charge in [-0.15, -0.1) is 0 Å². The van der Waals surface area contributed by atoms with E-state index >= 15 is 0 Å². The van der Waals surface area contributed by atoms with Crippen LogP contribution in [0, 0.1) is 0 Å². The lowest BCUT2D eigenvalue weighted by atomic mass is 10.0. The number of likely N-dealkylation sites (tertiary alicyclic amines) is 1. The minimum atomic E-state index is 0.718. The summed E-state index contributed by atoms with van der Waals surface area (Å²) in [6.07, 6.45) is 2.27. The first kappa shape index (κ1) is 15.0. The Morgan fingerprint density at radius 3 is 2.62 bits per heavy atom. The molecule has 1 atom stereocenters. The van der Waals surface area contributed by atoms with Gasteiger partial charge in [-0.3, -0.25) is 9.80 Å². The quantitative estimate of drug-likeness (QED) is 0.881. The van der Waals surface area contributed by atoms with E-state index in [0.29, 0.717) is 0 Å². The van der Waals surface area contributed by atoms with Crippen molar-refractivity contribution in [1.29, 1.82) is 0 Å². The molecule has 4 nitrogen and oxygen atoms in total. The number of nitrogens with two attached hydrogens (primary N) is 1. The first-order valence-corrected chi connectivity index (χ1v) is 8.18. The van der Waals surface area contributed by atoms with Crippen LogP contribution in [0.25, 0.3) is 0 Å². The molecule has 2 aliphatic heterocycles. The highest BCUT2D eigenvalue weighted by Crippen LogP contribution is 2.20. The molecule has 0 aromatic heterocycles. The Morgan fingerprint density at radius 2 is 1.86 bits per heavy atom. The average Bonchev–Trinajstić information content (AvgIpc) is 2.99.